The third-order valence-electron chi connectivity index (χ3n) is 3.11. The van der Waals surface area contributed by atoms with E-state index in [9.17, 15) is 38.3 Å². The maximum Gasteiger partial charge on any atom is 0.351 e. The maximum atomic E-state index is 11.8. The van der Waals surface area contributed by atoms with Gasteiger partial charge in [0.2, 0.25) is 0 Å². The number of hydrogen-bond donors (Lipinski definition) is 3. The molecule has 0 amide bonds. The van der Waals surface area contributed by atoms with Gasteiger partial charge in [-0.25, -0.2) is 13.4 Å². The van der Waals surface area contributed by atoms with E-state index < -0.39 is 54.2 Å². The Morgan fingerprint density at radius 1 is 1.29 bits per heavy atom. The molecule has 1 saturated heterocycles. The van der Waals surface area contributed by atoms with Crippen molar-refractivity contribution in [1.29, 1.82) is 0 Å². The van der Waals surface area contributed by atoms with E-state index in [2.05, 4.69) is 18.1 Å². The van der Waals surface area contributed by atoms with Crippen LogP contribution >= 0.6 is 23.5 Å². The fraction of sp³-hybridized carbons (Fsp3) is 0.556. The van der Waals surface area contributed by atoms with E-state index in [0.29, 0.717) is 0 Å². The van der Waals surface area contributed by atoms with Crippen molar-refractivity contribution in [3.05, 3.63) is 22.7 Å². The Bertz CT molecular complexity index is 914. The first-order valence-corrected chi connectivity index (χ1v) is 11.5. The van der Waals surface area contributed by atoms with Crippen LogP contribution in [-0.4, -0.2) is 38.4 Å². The van der Waals surface area contributed by atoms with Gasteiger partial charge in [0.1, 0.15) is 11.9 Å². The first kappa shape index (κ1) is 23.3. The maximum absolute atomic E-state index is 11.8. The zero-order chi connectivity index (χ0) is 21.3. The fourth-order valence-corrected chi connectivity index (χ4v) is 5.08. The molecular weight excluding hydrogens is 451 g/mol. The minimum atomic E-state index is -6.01. The fourth-order valence-electron chi connectivity index (χ4n) is 2.17. The number of aliphatic hydroxyl groups is 1. The van der Waals surface area contributed by atoms with Crippen molar-refractivity contribution in [2.24, 2.45) is 0 Å². The second-order valence-electron chi connectivity index (χ2n) is 5.32. The highest BCUT2D eigenvalue weighted by Crippen LogP contribution is 2.61. The first-order chi connectivity index (χ1) is 12.7. The molecule has 0 aromatic carbocycles. The molecule has 16 nitrogen and oxygen atoms in total. The summed E-state index contributed by atoms with van der Waals surface area (Å²) in [6.45, 7) is -0.861. The number of anilines is 1. The highest BCUT2D eigenvalue weighted by atomic mass is 31.3. The summed E-state index contributed by atoms with van der Waals surface area (Å²) in [4.78, 5) is 56.4. The highest BCUT2D eigenvalue weighted by Gasteiger charge is 2.37. The van der Waals surface area contributed by atoms with E-state index in [1.807, 2.05) is 0 Å². The van der Waals surface area contributed by atoms with Crippen LogP contribution in [0.5, 0.6) is 0 Å². The van der Waals surface area contributed by atoms with E-state index in [4.69, 9.17) is 15.4 Å². The summed E-state index contributed by atoms with van der Waals surface area (Å²) in [5, 5.41) is 9.96. The van der Waals surface area contributed by atoms with Gasteiger partial charge in [-0.1, -0.05) is 0 Å². The Labute approximate surface area is 155 Å². The van der Waals surface area contributed by atoms with Crippen LogP contribution in [-0.2, 0) is 31.6 Å². The summed E-state index contributed by atoms with van der Waals surface area (Å²) in [5.74, 6) is -0.0761. The smallest absolute Gasteiger partial charge is 0.351 e. The molecule has 19 heteroatoms. The Morgan fingerprint density at radius 3 is 2.50 bits per heavy atom. The van der Waals surface area contributed by atoms with Crippen molar-refractivity contribution in [2.45, 2.75) is 24.9 Å². The number of nitrogen functional groups attached to an aromatic ring is 1. The summed E-state index contributed by atoms with van der Waals surface area (Å²) < 4.78 is 49.9. The molecule has 0 saturated carbocycles. The molecule has 1 aliphatic rings. The van der Waals surface area contributed by atoms with Crippen LogP contribution in [0.2, 0.25) is 0 Å². The number of nitrogens with zero attached hydrogens (tertiary/aromatic N) is 2. The van der Waals surface area contributed by atoms with Gasteiger partial charge < -0.3 is 39.7 Å². The monoisotopic (exact) mass is 464 g/mol. The molecular formula is C9H13N3O13P3-3. The van der Waals surface area contributed by atoms with Crippen LogP contribution in [0, 0.1) is 0 Å². The molecule has 28 heavy (non-hydrogen) atoms. The predicted molar refractivity (Wildman–Crippen MR) is 80.6 cm³/mol. The normalized spacial score (nSPS) is 29.0. The minimum Gasteiger partial charge on any atom is -0.756 e. The number of aromatic nitrogens is 2. The molecule has 0 bridgehead atoms. The second-order valence-corrected chi connectivity index (χ2v) is 9.61. The third-order valence-corrected chi connectivity index (χ3v) is 6.80. The standard InChI is InChI=1S/C9H16N3O13P3/c10-7-1-2-12(9(14)11-7)8-6(13)3-5(23-8)4-22-27(18,19)25-28(20,21)24-26(15,16)17/h1-2,5-6,8,13H,3-4H2,(H,18,19)(H,20,21)(H2,10,11,14)(H2,15,16,17)/p-3/t5-,6+,8+/m0/s1. The summed E-state index contributed by atoms with van der Waals surface area (Å²) >= 11 is 0. The number of rotatable bonds is 8. The zero-order valence-electron chi connectivity index (χ0n) is 13.5. The number of nitrogens with two attached hydrogens (primary N) is 1. The molecule has 2 heterocycles. The number of phosphoric acid groups is 3. The molecule has 4 N–H and O–H groups in total. The molecule has 3 unspecified atom stereocenters. The van der Waals surface area contributed by atoms with Crippen LogP contribution in [0.3, 0.4) is 0 Å². The average molecular weight is 464 g/mol. The average Bonchev–Trinajstić information content (AvgIpc) is 2.82. The van der Waals surface area contributed by atoms with Crippen molar-refractivity contribution in [1.82, 2.24) is 9.55 Å². The lowest BCUT2D eigenvalue weighted by Crippen LogP contribution is -2.31. The molecule has 1 aromatic heterocycles. The molecule has 1 fully saturated rings. The van der Waals surface area contributed by atoms with Crippen LogP contribution in [0.15, 0.2) is 17.1 Å². The number of hydrogen-bond acceptors (Lipinski definition) is 14. The van der Waals surface area contributed by atoms with Gasteiger partial charge in [-0.05, 0) is 6.07 Å². The zero-order valence-corrected chi connectivity index (χ0v) is 16.2. The van der Waals surface area contributed by atoms with Gasteiger partial charge >= 0.3 is 5.69 Å². The van der Waals surface area contributed by atoms with Crippen LogP contribution in [0.1, 0.15) is 12.6 Å². The Morgan fingerprint density at radius 2 is 1.93 bits per heavy atom. The van der Waals surface area contributed by atoms with E-state index in [-0.39, 0.29) is 12.2 Å². The van der Waals surface area contributed by atoms with Gasteiger partial charge in [-0.2, -0.15) is 4.98 Å². The lowest BCUT2D eigenvalue weighted by atomic mass is 10.2. The summed E-state index contributed by atoms with van der Waals surface area (Å²) in [7, 11) is -17.5. The molecule has 160 valence electrons. The lowest BCUT2D eigenvalue weighted by Gasteiger charge is -2.32. The number of ether oxygens (including phenoxy) is 1. The van der Waals surface area contributed by atoms with Crippen molar-refractivity contribution < 1.29 is 56.3 Å². The largest absolute Gasteiger partial charge is 0.756 e. The van der Waals surface area contributed by atoms with E-state index >= 15 is 0 Å². The molecule has 1 aliphatic heterocycles. The van der Waals surface area contributed by atoms with Crippen molar-refractivity contribution in [3.8, 4) is 0 Å². The summed E-state index contributed by atoms with van der Waals surface area (Å²) in [6.07, 6.45) is -2.70. The number of aliphatic hydroxyl groups excluding tert-OH is 1. The molecule has 6 atom stereocenters. The summed E-state index contributed by atoms with van der Waals surface area (Å²) in [6, 6.07) is 1.25. The lowest BCUT2D eigenvalue weighted by molar-refractivity contribution is -0.250. The van der Waals surface area contributed by atoms with E-state index in [1.165, 1.54) is 12.3 Å². The predicted octanol–water partition coefficient (Wildman–Crippen LogP) is -3.08. The van der Waals surface area contributed by atoms with Gasteiger partial charge in [-0.3, -0.25) is 18.3 Å². The SMILES string of the molecule is Nc1ccn([C@@H]2O[C@H](COP(=O)([O-])OP(=O)([O-])OP(=O)([O-])O)C[C@H]2O)c(=O)n1. The summed E-state index contributed by atoms with van der Waals surface area (Å²) in [5.41, 5.74) is 4.49. The Balaban J connectivity index is 1.97. The second kappa shape index (κ2) is 8.40. The van der Waals surface area contributed by atoms with Gasteiger partial charge in [0, 0.05) is 12.6 Å². The van der Waals surface area contributed by atoms with E-state index in [1.54, 1.807) is 0 Å². The van der Waals surface area contributed by atoms with E-state index in [0.717, 1.165) is 4.57 Å². The van der Waals surface area contributed by atoms with Crippen LogP contribution in [0.25, 0.3) is 0 Å². The topological polar surface area (TPSA) is 259 Å². The highest BCUT2D eigenvalue weighted by molar-refractivity contribution is 7.65. The van der Waals surface area contributed by atoms with Crippen molar-refractivity contribution in [2.75, 3.05) is 12.3 Å². The molecule has 0 spiro atoms. The molecule has 1 aromatic rings. The Kier molecular flexibility index (Phi) is 6.99. The van der Waals surface area contributed by atoms with Crippen molar-refractivity contribution in [3.63, 3.8) is 0 Å². The van der Waals surface area contributed by atoms with Crippen molar-refractivity contribution >= 4 is 29.3 Å². The third kappa shape index (κ3) is 6.81. The van der Waals surface area contributed by atoms with Gasteiger partial charge in [0.15, 0.2) is 6.23 Å². The number of phosphoric ester groups is 1. The van der Waals surface area contributed by atoms with Gasteiger partial charge in [-0.15, -0.1) is 0 Å². The van der Waals surface area contributed by atoms with Gasteiger partial charge in [0.05, 0.1) is 12.7 Å². The van der Waals surface area contributed by atoms with Crippen LogP contribution < -0.4 is 26.1 Å². The van der Waals surface area contributed by atoms with Crippen LogP contribution in [0.4, 0.5) is 5.82 Å². The molecule has 2 rings (SSSR count). The van der Waals surface area contributed by atoms with Gasteiger partial charge in [0.25, 0.3) is 23.5 Å². The first-order valence-electron chi connectivity index (χ1n) is 7.09. The molecule has 0 aliphatic carbocycles. The molecule has 0 radical (unpaired) electrons. The quantitative estimate of drug-likeness (QED) is 0.322. The minimum absolute atomic E-state index is 0.0761. The Hall–Kier alpha value is -0.990.